The van der Waals surface area contributed by atoms with E-state index >= 15 is 0 Å². The second-order valence-corrected chi connectivity index (χ2v) is 3.37. The molecule has 1 amide bonds. The van der Waals surface area contributed by atoms with Gasteiger partial charge in [0.2, 0.25) is 0 Å². The van der Waals surface area contributed by atoms with Crippen LogP contribution in [-0.2, 0) is 11.3 Å². The molecule has 0 atom stereocenters. The second kappa shape index (κ2) is 4.87. The lowest BCUT2D eigenvalue weighted by Gasteiger charge is -2.03. The molecule has 1 aromatic rings. The number of hydrogen-bond donors (Lipinski definition) is 1. The molecule has 0 heterocycles. The van der Waals surface area contributed by atoms with Crippen LogP contribution in [0.25, 0.3) is 0 Å². The zero-order valence-corrected chi connectivity index (χ0v) is 8.80. The monoisotopic (exact) mass is 243 g/mol. The number of carbonyl (C=O) groups excluding carboxylic acids is 1. The van der Waals surface area contributed by atoms with Gasteiger partial charge in [0.05, 0.1) is 0 Å². The fourth-order valence-corrected chi connectivity index (χ4v) is 1.07. The number of hydrogen-bond acceptors (Lipinski definition) is 2. The molecular formula is C9H10BrNO2. The lowest BCUT2D eigenvalue weighted by atomic mass is 10.2. The number of ether oxygens (including phenoxy) is 1. The van der Waals surface area contributed by atoms with Crippen LogP contribution in [-0.4, -0.2) is 13.1 Å². The molecule has 0 saturated heterocycles. The summed E-state index contributed by atoms with van der Waals surface area (Å²) in [6.45, 7) is 0.299. The van der Waals surface area contributed by atoms with E-state index < -0.39 is 6.09 Å². The van der Waals surface area contributed by atoms with E-state index in [0.29, 0.717) is 6.61 Å². The zero-order valence-electron chi connectivity index (χ0n) is 7.21. The molecule has 0 fully saturated rings. The molecule has 0 saturated carbocycles. The van der Waals surface area contributed by atoms with Gasteiger partial charge in [-0.2, -0.15) is 0 Å². The van der Waals surface area contributed by atoms with Crippen molar-refractivity contribution in [3.63, 3.8) is 0 Å². The quantitative estimate of drug-likeness (QED) is 0.866. The largest absolute Gasteiger partial charge is 0.445 e. The normalized spacial score (nSPS) is 9.38. The van der Waals surface area contributed by atoms with Crippen molar-refractivity contribution in [2.75, 3.05) is 7.05 Å². The van der Waals surface area contributed by atoms with Crippen molar-refractivity contribution in [3.8, 4) is 0 Å². The van der Waals surface area contributed by atoms with Gasteiger partial charge in [-0.1, -0.05) is 28.1 Å². The molecule has 1 N–H and O–H groups in total. The van der Waals surface area contributed by atoms with E-state index in [9.17, 15) is 4.79 Å². The van der Waals surface area contributed by atoms with Gasteiger partial charge in [-0.05, 0) is 17.7 Å². The molecule has 3 nitrogen and oxygen atoms in total. The van der Waals surface area contributed by atoms with Crippen LogP contribution in [0, 0.1) is 0 Å². The van der Waals surface area contributed by atoms with E-state index in [0.717, 1.165) is 10.0 Å². The van der Waals surface area contributed by atoms with Crippen molar-refractivity contribution in [2.24, 2.45) is 0 Å². The average Bonchev–Trinajstić information content (AvgIpc) is 2.16. The number of halogens is 1. The van der Waals surface area contributed by atoms with Crippen molar-refractivity contribution in [3.05, 3.63) is 34.3 Å². The minimum atomic E-state index is -0.414. The van der Waals surface area contributed by atoms with E-state index in [-0.39, 0.29) is 0 Å². The molecule has 0 spiro atoms. The van der Waals surface area contributed by atoms with E-state index in [1.165, 1.54) is 7.05 Å². The summed E-state index contributed by atoms with van der Waals surface area (Å²) >= 11 is 3.32. The topological polar surface area (TPSA) is 38.3 Å². The summed E-state index contributed by atoms with van der Waals surface area (Å²) in [5.74, 6) is 0. The van der Waals surface area contributed by atoms with Crippen LogP contribution in [0.15, 0.2) is 28.7 Å². The Bertz CT molecular complexity index is 284. The number of carbonyl (C=O) groups is 1. The highest BCUT2D eigenvalue weighted by Gasteiger charge is 1.98. The minimum absolute atomic E-state index is 0.299. The van der Waals surface area contributed by atoms with Gasteiger partial charge in [-0.15, -0.1) is 0 Å². The van der Waals surface area contributed by atoms with E-state index in [2.05, 4.69) is 21.2 Å². The van der Waals surface area contributed by atoms with E-state index in [1.54, 1.807) is 0 Å². The van der Waals surface area contributed by atoms with Gasteiger partial charge < -0.3 is 10.1 Å². The summed E-state index contributed by atoms with van der Waals surface area (Å²) in [5, 5.41) is 2.38. The highest BCUT2D eigenvalue weighted by atomic mass is 79.9. The summed E-state index contributed by atoms with van der Waals surface area (Å²) in [7, 11) is 1.53. The Balaban J connectivity index is 2.46. The summed E-state index contributed by atoms with van der Waals surface area (Å²) in [4.78, 5) is 10.7. The molecule has 70 valence electrons. The molecule has 13 heavy (non-hydrogen) atoms. The number of alkyl carbamates (subject to hydrolysis) is 1. The zero-order chi connectivity index (χ0) is 9.68. The molecule has 0 radical (unpaired) electrons. The van der Waals surface area contributed by atoms with Crippen molar-refractivity contribution in [2.45, 2.75) is 6.61 Å². The predicted molar refractivity (Wildman–Crippen MR) is 53.4 cm³/mol. The standard InChI is InChI=1S/C9H10BrNO2/c1-11-9(12)13-6-7-2-4-8(10)5-3-7/h2-5H,6H2,1H3,(H,11,12). The summed E-state index contributed by atoms with van der Waals surface area (Å²) in [6, 6.07) is 7.60. The lowest BCUT2D eigenvalue weighted by Crippen LogP contribution is -2.18. The maximum Gasteiger partial charge on any atom is 0.407 e. The number of amides is 1. The second-order valence-electron chi connectivity index (χ2n) is 2.45. The van der Waals surface area contributed by atoms with Crippen molar-refractivity contribution < 1.29 is 9.53 Å². The van der Waals surface area contributed by atoms with Gasteiger partial charge >= 0.3 is 6.09 Å². The summed E-state index contributed by atoms with van der Waals surface area (Å²) in [5.41, 5.74) is 0.965. The SMILES string of the molecule is CNC(=O)OCc1ccc(Br)cc1. The highest BCUT2D eigenvalue weighted by Crippen LogP contribution is 2.10. The highest BCUT2D eigenvalue weighted by molar-refractivity contribution is 9.10. The molecule has 1 rings (SSSR count). The first-order valence-corrected chi connectivity index (χ1v) is 4.60. The first kappa shape index (κ1) is 10.1. The molecule has 0 aliphatic carbocycles. The van der Waals surface area contributed by atoms with E-state index in [1.807, 2.05) is 24.3 Å². The predicted octanol–water partition coefficient (Wildman–Crippen LogP) is 2.31. The fourth-order valence-electron chi connectivity index (χ4n) is 0.802. The molecule has 0 aromatic heterocycles. The Kier molecular flexibility index (Phi) is 3.76. The Labute approximate surface area is 85.2 Å². The third kappa shape index (κ3) is 3.46. The van der Waals surface area contributed by atoms with Gasteiger partial charge in [0.1, 0.15) is 6.61 Å². The smallest absolute Gasteiger partial charge is 0.407 e. The molecule has 4 heteroatoms. The maximum absolute atomic E-state index is 10.7. The molecule has 0 unspecified atom stereocenters. The first-order valence-electron chi connectivity index (χ1n) is 3.81. The van der Waals surface area contributed by atoms with E-state index in [4.69, 9.17) is 4.74 Å². The van der Waals surface area contributed by atoms with Gasteiger partial charge in [0.25, 0.3) is 0 Å². The fraction of sp³-hybridized carbons (Fsp3) is 0.222. The minimum Gasteiger partial charge on any atom is -0.445 e. The van der Waals surface area contributed by atoms with Crippen LogP contribution in [0.2, 0.25) is 0 Å². The maximum atomic E-state index is 10.7. The van der Waals surface area contributed by atoms with Crippen LogP contribution in [0.5, 0.6) is 0 Å². The Morgan fingerprint density at radius 3 is 2.62 bits per heavy atom. The third-order valence-corrected chi connectivity index (χ3v) is 2.02. The molecule has 0 aliphatic rings. The first-order chi connectivity index (χ1) is 6.22. The molecule has 0 bridgehead atoms. The van der Waals surface area contributed by atoms with Gasteiger partial charge in [0, 0.05) is 11.5 Å². The van der Waals surface area contributed by atoms with Crippen LogP contribution < -0.4 is 5.32 Å². The van der Waals surface area contributed by atoms with Crippen molar-refractivity contribution in [1.29, 1.82) is 0 Å². The van der Waals surface area contributed by atoms with Crippen molar-refractivity contribution >= 4 is 22.0 Å². The summed E-state index contributed by atoms with van der Waals surface area (Å²) in [6.07, 6.45) is -0.414. The van der Waals surface area contributed by atoms with Gasteiger partial charge in [0.15, 0.2) is 0 Å². The third-order valence-electron chi connectivity index (χ3n) is 1.49. The van der Waals surface area contributed by atoms with Crippen molar-refractivity contribution in [1.82, 2.24) is 5.32 Å². The number of nitrogens with one attached hydrogen (secondary N) is 1. The van der Waals surface area contributed by atoms with Crippen LogP contribution in [0.4, 0.5) is 4.79 Å². The lowest BCUT2D eigenvalue weighted by molar-refractivity contribution is 0.142. The number of benzene rings is 1. The van der Waals surface area contributed by atoms with Crippen LogP contribution in [0.3, 0.4) is 0 Å². The summed E-state index contributed by atoms with van der Waals surface area (Å²) < 4.78 is 5.86. The Hall–Kier alpha value is -1.03. The van der Waals surface area contributed by atoms with Gasteiger partial charge in [-0.3, -0.25) is 0 Å². The van der Waals surface area contributed by atoms with Crippen LogP contribution >= 0.6 is 15.9 Å². The molecule has 0 aliphatic heterocycles. The Morgan fingerprint density at radius 1 is 1.46 bits per heavy atom. The number of rotatable bonds is 2. The average molecular weight is 244 g/mol. The molecule has 1 aromatic carbocycles. The van der Waals surface area contributed by atoms with Gasteiger partial charge in [-0.25, -0.2) is 4.79 Å². The molecular weight excluding hydrogens is 234 g/mol. The van der Waals surface area contributed by atoms with Crippen LogP contribution in [0.1, 0.15) is 5.56 Å². The Morgan fingerprint density at radius 2 is 2.08 bits per heavy atom.